The van der Waals surface area contributed by atoms with Crippen LogP contribution in [0.3, 0.4) is 0 Å². The lowest BCUT2D eigenvalue weighted by Gasteiger charge is -2.41. The number of nitro benzene ring substituents is 1. The smallest absolute Gasteiger partial charge is 0.258 e. The van der Waals surface area contributed by atoms with E-state index in [2.05, 4.69) is 0 Å². The van der Waals surface area contributed by atoms with Crippen LogP contribution in [0.4, 0.5) is 10.1 Å². The third-order valence-corrected chi connectivity index (χ3v) is 6.04. The summed E-state index contributed by atoms with van der Waals surface area (Å²) in [5.74, 6) is -0.971. The van der Waals surface area contributed by atoms with E-state index in [0.29, 0.717) is 12.8 Å². The van der Waals surface area contributed by atoms with Crippen LogP contribution in [0.1, 0.15) is 24.8 Å². The topological polar surface area (TPSA) is 104 Å². The first-order valence-electron chi connectivity index (χ1n) is 6.50. The molecular formula is C13H14FN3O4S. The molecule has 0 atom stereocenters. The molecular weight excluding hydrogens is 313 g/mol. The predicted molar refractivity (Wildman–Crippen MR) is 74.9 cm³/mol. The zero-order chi connectivity index (χ0) is 16.7. The van der Waals surface area contributed by atoms with Crippen LogP contribution >= 0.6 is 0 Å². The van der Waals surface area contributed by atoms with Gasteiger partial charge in [0.25, 0.3) is 5.69 Å². The number of sulfonamides is 1. The molecule has 0 spiro atoms. The average molecular weight is 327 g/mol. The van der Waals surface area contributed by atoms with E-state index in [1.54, 1.807) is 0 Å². The van der Waals surface area contributed by atoms with Gasteiger partial charge in [0, 0.05) is 13.1 Å². The number of nitro groups is 1. The predicted octanol–water partition coefficient (Wildman–Crippen LogP) is 2.11. The fraction of sp³-hybridized carbons (Fsp3) is 0.462. The number of halogens is 1. The normalized spacial score (nSPS) is 16.9. The van der Waals surface area contributed by atoms with Crippen LogP contribution in [0.5, 0.6) is 0 Å². The molecule has 22 heavy (non-hydrogen) atoms. The van der Waals surface area contributed by atoms with Gasteiger partial charge in [0.05, 0.1) is 21.5 Å². The summed E-state index contributed by atoms with van der Waals surface area (Å²) >= 11 is 0. The van der Waals surface area contributed by atoms with Gasteiger partial charge in [-0.2, -0.15) is 9.57 Å². The summed E-state index contributed by atoms with van der Waals surface area (Å²) in [7, 11) is -2.96. The van der Waals surface area contributed by atoms with Crippen LogP contribution in [-0.2, 0) is 10.0 Å². The van der Waals surface area contributed by atoms with Crippen LogP contribution < -0.4 is 0 Å². The molecule has 118 valence electrons. The minimum Gasteiger partial charge on any atom is -0.258 e. The Balaban J connectivity index is 2.55. The Bertz CT molecular complexity index is 781. The maximum absolute atomic E-state index is 13.8. The van der Waals surface area contributed by atoms with E-state index < -0.39 is 36.9 Å². The Morgan fingerprint density at radius 3 is 2.45 bits per heavy atom. The van der Waals surface area contributed by atoms with E-state index in [0.717, 1.165) is 22.9 Å². The fourth-order valence-corrected chi connectivity index (χ4v) is 3.89. The molecule has 1 aliphatic carbocycles. The molecule has 1 saturated carbocycles. The first-order chi connectivity index (χ1) is 10.2. The van der Waals surface area contributed by atoms with Crippen LogP contribution in [0, 0.1) is 34.2 Å². The molecule has 0 radical (unpaired) electrons. The van der Waals surface area contributed by atoms with Gasteiger partial charge in [0.1, 0.15) is 11.4 Å². The lowest BCUT2D eigenvalue weighted by molar-refractivity contribution is -0.385. The average Bonchev–Trinajstić information content (AvgIpc) is 2.40. The van der Waals surface area contributed by atoms with Crippen molar-refractivity contribution in [2.45, 2.75) is 36.6 Å². The molecule has 0 N–H and O–H groups in total. The summed E-state index contributed by atoms with van der Waals surface area (Å²) < 4.78 is 39.8. The van der Waals surface area contributed by atoms with Crippen molar-refractivity contribution in [1.82, 2.24) is 4.31 Å². The van der Waals surface area contributed by atoms with E-state index in [4.69, 9.17) is 0 Å². The number of benzene rings is 1. The van der Waals surface area contributed by atoms with Gasteiger partial charge in [0.2, 0.25) is 10.0 Å². The molecule has 1 aromatic carbocycles. The number of hydrogen-bond donors (Lipinski definition) is 0. The van der Waals surface area contributed by atoms with Gasteiger partial charge in [-0.25, -0.2) is 12.8 Å². The lowest BCUT2D eigenvalue weighted by Crippen LogP contribution is -2.53. The summed E-state index contributed by atoms with van der Waals surface area (Å²) in [6, 6.07) is 3.55. The van der Waals surface area contributed by atoms with Crippen molar-refractivity contribution in [3.8, 4) is 6.07 Å². The van der Waals surface area contributed by atoms with Crippen LogP contribution in [0.15, 0.2) is 17.0 Å². The molecule has 0 saturated heterocycles. The van der Waals surface area contributed by atoms with Crippen molar-refractivity contribution in [2.75, 3.05) is 7.05 Å². The molecule has 2 rings (SSSR count). The van der Waals surface area contributed by atoms with Crippen molar-refractivity contribution >= 4 is 15.7 Å². The first kappa shape index (κ1) is 16.3. The van der Waals surface area contributed by atoms with Gasteiger partial charge < -0.3 is 0 Å². The van der Waals surface area contributed by atoms with Crippen molar-refractivity contribution in [3.63, 3.8) is 0 Å². The van der Waals surface area contributed by atoms with E-state index in [9.17, 15) is 28.2 Å². The Labute approximate surface area is 127 Å². The number of rotatable bonds is 4. The summed E-state index contributed by atoms with van der Waals surface area (Å²) in [6.45, 7) is 1.20. The first-order valence-corrected chi connectivity index (χ1v) is 7.94. The molecule has 0 aromatic heterocycles. The van der Waals surface area contributed by atoms with Gasteiger partial charge in [-0.05, 0) is 32.3 Å². The van der Waals surface area contributed by atoms with E-state index >= 15 is 0 Å². The summed E-state index contributed by atoms with van der Waals surface area (Å²) in [4.78, 5) is 9.57. The van der Waals surface area contributed by atoms with Gasteiger partial charge in [-0.15, -0.1) is 0 Å². The second-order valence-electron chi connectivity index (χ2n) is 5.28. The third kappa shape index (κ3) is 2.34. The van der Waals surface area contributed by atoms with Crippen molar-refractivity contribution in [3.05, 3.63) is 33.6 Å². The Morgan fingerprint density at radius 1 is 1.45 bits per heavy atom. The SMILES string of the molecule is Cc1c(F)cc(S(=O)(=O)N(C)C2(C#N)CCC2)cc1[N+](=O)[O-]. The molecule has 0 amide bonds. The lowest BCUT2D eigenvalue weighted by atomic mass is 9.78. The monoisotopic (exact) mass is 327 g/mol. The number of hydrogen-bond acceptors (Lipinski definition) is 5. The van der Waals surface area contributed by atoms with E-state index in [1.807, 2.05) is 6.07 Å². The van der Waals surface area contributed by atoms with Gasteiger partial charge in [-0.1, -0.05) is 0 Å². The molecule has 7 nitrogen and oxygen atoms in total. The molecule has 0 aliphatic heterocycles. The standard InChI is InChI=1S/C13H14FN3O4S/c1-9-11(14)6-10(7-12(9)17(18)19)22(20,21)16(2)13(8-15)4-3-5-13/h6-7H,3-5H2,1-2H3. The molecule has 0 unspecified atom stereocenters. The number of nitrogens with zero attached hydrogens (tertiary/aromatic N) is 3. The van der Waals surface area contributed by atoms with Crippen LogP contribution in [-0.4, -0.2) is 30.2 Å². The van der Waals surface area contributed by atoms with Crippen molar-refractivity contribution in [1.29, 1.82) is 5.26 Å². The minimum absolute atomic E-state index is 0.231. The summed E-state index contributed by atoms with van der Waals surface area (Å²) in [5.41, 5.74) is -1.99. The zero-order valence-corrected chi connectivity index (χ0v) is 12.9. The Hall–Kier alpha value is -2.05. The molecule has 9 heteroatoms. The van der Waals surface area contributed by atoms with Crippen LogP contribution in [0.25, 0.3) is 0 Å². The van der Waals surface area contributed by atoms with E-state index in [-0.39, 0.29) is 5.56 Å². The third-order valence-electron chi connectivity index (χ3n) is 4.14. The fourth-order valence-electron chi connectivity index (χ4n) is 2.38. The molecule has 0 heterocycles. The highest BCUT2D eigenvalue weighted by atomic mass is 32.2. The Morgan fingerprint density at radius 2 is 2.05 bits per heavy atom. The summed E-state index contributed by atoms with van der Waals surface area (Å²) in [6.07, 6.45) is 1.49. The molecule has 1 aromatic rings. The van der Waals surface area contributed by atoms with Gasteiger partial charge >= 0.3 is 0 Å². The second-order valence-corrected chi connectivity index (χ2v) is 7.25. The molecule has 0 bridgehead atoms. The van der Waals surface area contributed by atoms with Crippen molar-refractivity contribution in [2.24, 2.45) is 0 Å². The molecule has 1 aliphatic rings. The highest BCUT2D eigenvalue weighted by molar-refractivity contribution is 7.89. The molecule has 1 fully saturated rings. The zero-order valence-electron chi connectivity index (χ0n) is 12.0. The Kier molecular flexibility index (Phi) is 3.93. The van der Waals surface area contributed by atoms with Gasteiger partial charge in [0.15, 0.2) is 0 Å². The maximum Gasteiger partial charge on any atom is 0.276 e. The minimum atomic E-state index is -4.20. The summed E-state index contributed by atoms with van der Waals surface area (Å²) in [5, 5.41) is 20.1. The van der Waals surface area contributed by atoms with E-state index in [1.165, 1.54) is 14.0 Å². The second kappa shape index (κ2) is 5.30. The highest BCUT2D eigenvalue weighted by Crippen LogP contribution is 2.39. The van der Waals surface area contributed by atoms with Crippen LogP contribution in [0.2, 0.25) is 0 Å². The maximum atomic E-state index is 13.8. The van der Waals surface area contributed by atoms with Crippen molar-refractivity contribution < 1.29 is 17.7 Å². The quantitative estimate of drug-likeness (QED) is 0.622. The van der Waals surface area contributed by atoms with Gasteiger partial charge in [-0.3, -0.25) is 10.1 Å². The highest BCUT2D eigenvalue weighted by Gasteiger charge is 2.47. The largest absolute Gasteiger partial charge is 0.276 e. The number of nitriles is 1.